The molecule has 0 bridgehead atoms. The van der Waals surface area contributed by atoms with Gasteiger partial charge in [-0.05, 0) is 72.8 Å². The zero-order valence-corrected chi connectivity index (χ0v) is 20.6. The van der Waals surface area contributed by atoms with Gasteiger partial charge in [-0.3, -0.25) is 0 Å². The van der Waals surface area contributed by atoms with E-state index in [-0.39, 0.29) is 0 Å². The van der Waals surface area contributed by atoms with Crippen molar-refractivity contribution in [3.05, 3.63) is 35.4 Å². The van der Waals surface area contributed by atoms with Crippen LogP contribution in [0.3, 0.4) is 0 Å². The van der Waals surface area contributed by atoms with Crippen molar-refractivity contribution in [2.75, 3.05) is 0 Å². The predicted molar refractivity (Wildman–Crippen MR) is 133 cm³/mol. The second-order valence-corrected chi connectivity index (χ2v) is 11.3. The Labute approximate surface area is 188 Å². The van der Waals surface area contributed by atoms with Crippen LogP contribution >= 0.6 is 0 Å². The lowest BCUT2D eigenvalue weighted by molar-refractivity contribution is 0.191. The van der Waals surface area contributed by atoms with Gasteiger partial charge in [0.1, 0.15) is 0 Å². The fourth-order valence-corrected chi connectivity index (χ4v) is 6.17. The summed E-state index contributed by atoms with van der Waals surface area (Å²) in [5, 5.41) is 0. The topological polar surface area (TPSA) is 0 Å². The highest BCUT2D eigenvalue weighted by molar-refractivity contribution is 5.26. The van der Waals surface area contributed by atoms with E-state index in [4.69, 9.17) is 0 Å². The molecule has 0 heteroatoms. The van der Waals surface area contributed by atoms with E-state index in [1.807, 2.05) is 0 Å². The summed E-state index contributed by atoms with van der Waals surface area (Å²) in [7, 11) is 0. The molecule has 0 amide bonds. The highest BCUT2D eigenvalue weighted by atomic mass is 14.3. The van der Waals surface area contributed by atoms with Gasteiger partial charge in [-0.15, -0.1) is 0 Å². The molecule has 0 heterocycles. The van der Waals surface area contributed by atoms with E-state index in [0.29, 0.717) is 5.41 Å². The Morgan fingerprint density at radius 1 is 0.733 bits per heavy atom. The van der Waals surface area contributed by atoms with Crippen LogP contribution in [0, 0.1) is 17.3 Å². The van der Waals surface area contributed by atoms with Gasteiger partial charge in [0.25, 0.3) is 0 Å². The maximum Gasteiger partial charge on any atom is -0.0162 e. The molecule has 0 atom stereocenters. The minimum atomic E-state index is 0.616. The van der Waals surface area contributed by atoms with Gasteiger partial charge in [-0.2, -0.15) is 0 Å². The van der Waals surface area contributed by atoms with Crippen molar-refractivity contribution >= 4 is 0 Å². The van der Waals surface area contributed by atoms with Crippen molar-refractivity contribution in [3.8, 4) is 0 Å². The third-order valence-electron chi connectivity index (χ3n) is 9.02. The lowest BCUT2D eigenvalue weighted by atomic mass is 9.69. The number of benzene rings is 1. The number of hydrogen-bond acceptors (Lipinski definition) is 0. The van der Waals surface area contributed by atoms with E-state index in [1.54, 1.807) is 11.1 Å². The fraction of sp³-hybridized carbons (Fsp3) is 0.800. The van der Waals surface area contributed by atoms with E-state index in [9.17, 15) is 0 Å². The first-order chi connectivity index (χ1) is 14.6. The molecular weight excluding hydrogens is 360 g/mol. The van der Waals surface area contributed by atoms with Gasteiger partial charge in [0.2, 0.25) is 0 Å². The monoisotopic (exact) mass is 410 g/mol. The Kier molecular flexibility index (Phi) is 9.79. The minimum Gasteiger partial charge on any atom is -0.0654 e. The molecule has 0 unspecified atom stereocenters. The molecule has 3 rings (SSSR count). The second kappa shape index (κ2) is 12.3. The van der Waals surface area contributed by atoms with Crippen molar-refractivity contribution in [1.29, 1.82) is 0 Å². The summed E-state index contributed by atoms with van der Waals surface area (Å²) in [6, 6.07) is 9.82. The van der Waals surface area contributed by atoms with Crippen LogP contribution in [-0.2, 0) is 6.42 Å². The predicted octanol–water partition coefficient (Wildman–Crippen LogP) is 9.86. The first-order valence-corrected chi connectivity index (χ1v) is 13.7. The lowest BCUT2D eigenvalue weighted by Gasteiger charge is -2.37. The molecule has 1 aromatic carbocycles. The van der Waals surface area contributed by atoms with E-state index in [0.717, 1.165) is 17.8 Å². The maximum absolute atomic E-state index is 2.49. The van der Waals surface area contributed by atoms with Crippen molar-refractivity contribution < 1.29 is 0 Å². The third-order valence-corrected chi connectivity index (χ3v) is 9.02. The average Bonchev–Trinajstić information content (AvgIpc) is 2.79. The van der Waals surface area contributed by atoms with Crippen molar-refractivity contribution in [1.82, 2.24) is 0 Å². The van der Waals surface area contributed by atoms with Crippen molar-refractivity contribution in [2.24, 2.45) is 17.3 Å². The molecule has 0 N–H and O–H groups in total. The van der Waals surface area contributed by atoms with Crippen LogP contribution in [0.15, 0.2) is 24.3 Å². The smallest absolute Gasteiger partial charge is 0.0162 e. The van der Waals surface area contributed by atoms with E-state index >= 15 is 0 Å². The molecule has 1 aromatic rings. The van der Waals surface area contributed by atoms with Crippen LogP contribution < -0.4 is 0 Å². The van der Waals surface area contributed by atoms with E-state index in [1.165, 1.54) is 109 Å². The molecule has 2 fully saturated rings. The molecule has 170 valence electrons. The first-order valence-electron chi connectivity index (χ1n) is 13.7. The number of aryl methyl sites for hydroxylation is 1. The van der Waals surface area contributed by atoms with Gasteiger partial charge >= 0.3 is 0 Å². The van der Waals surface area contributed by atoms with Crippen molar-refractivity contribution in [2.45, 2.75) is 136 Å². The summed E-state index contributed by atoms with van der Waals surface area (Å²) in [6.45, 7) is 7.18. The Morgan fingerprint density at radius 2 is 1.33 bits per heavy atom. The fourth-order valence-electron chi connectivity index (χ4n) is 6.17. The van der Waals surface area contributed by atoms with Gasteiger partial charge in [-0.1, -0.05) is 116 Å². The van der Waals surface area contributed by atoms with Gasteiger partial charge in [-0.25, -0.2) is 0 Å². The molecular formula is C30H50. The van der Waals surface area contributed by atoms with Crippen molar-refractivity contribution in [3.63, 3.8) is 0 Å². The highest BCUT2D eigenvalue weighted by Gasteiger charge is 2.30. The third kappa shape index (κ3) is 7.42. The lowest BCUT2D eigenvalue weighted by Crippen LogP contribution is -2.22. The van der Waals surface area contributed by atoms with Crippen LogP contribution in [-0.4, -0.2) is 0 Å². The highest BCUT2D eigenvalue weighted by Crippen LogP contribution is 2.44. The minimum absolute atomic E-state index is 0.616. The van der Waals surface area contributed by atoms with Crippen LogP contribution in [0.1, 0.15) is 141 Å². The largest absolute Gasteiger partial charge is 0.0654 e. The molecule has 0 radical (unpaired) electrons. The Hall–Kier alpha value is -0.780. The van der Waals surface area contributed by atoms with E-state index in [2.05, 4.69) is 45.0 Å². The average molecular weight is 411 g/mol. The molecule has 2 saturated carbocycles. The van der Waals surface area contributed by atoms with Crippen LogP contribution in [0.25, 0.3) is 0 Å². The van der Waals surface area contributed by atoms with Crippen LogP contribution in [0.2, 0.25) is 0 Å². The molecule has 0 nitrogen and oxygen atoms in total. The zero-order valence-electron chi connectivity index (χ0n) is 20.6. The zero-order chi connectivity index (χ0) is 21.2. The summed E-state index contributed by atoms with van der Waals surface area (Å²) in [5.41, 5.74) is 3.80. The molecule has 30 heavy (non-hydrogen) atoms. The molecule has 2 aliphatic rings. The molecule has 0 aliphatic heterocycles. The van der Waals surface area contributed by atoms with Gasteiger partial charge in [0.05, 0.1) is 0 Å². The first kappa shape index (κ1) is 23.9. The number of hydrogen-bond donors (Lipinski definition) is 0. The van der Waals surface area contributed by atoms with Crippen LogP contribution in [0.4, 0.5) is 0 Å². The quantitative estimate of drug-likeness (QED) is 0.318. The standard InChI is InChI=1S/C30H50/c1-4-6-7-8-9-10-25-11-13-26(14-12-25)15-16-27-17-19-28(20-18-27)29-21-23-30(3,5-2)24-22-29/h17-20,25-26,29H,4-16,21-24H2,1-3H3. The number of rotatable bonds is 11. The molecule has 0 aromatic heterocycles. The Morgan fingerprint density at radius 3 is 1.93 bits per heavy atom. The number of unbranched alkanes of at least 4 members (excludes halogenated alkanes) is 4. The molecule has 0 saturated heterocycles. The summed E-state index contributed by atoms with van der Waals surface area (Å²) < 4.78 is 0. The maximum atomic E-state index is 2.49. The summed E-state index contributed by atoms with van der Waals surface area (Å²) in [4.78, 5) is 0. The summed E-state index contributed by atoms with van der Waals surface area (Å²) in [6.07, 6.45) is 24.4. The van der Waals surface area contributed by atoms with Gasteiger partial charge < -0.3 is 0 Å². The van der Waals surface area contributed by atoms with Crippen LogP contribution in [0.5, 0.6) is 0 Å². The summed E-state index contributed by atoms with van der Waals surface area (Å²) in [5.74, 6) is 2.86. The van der Waals surface area contributed by atoms with Gasteiger partial charge in [0.15, 0.2) is 0 Å². The molecule has 0 spiro atoms. The second-order valence-electron chi connectivity index (χ2n) is 11.3. The normalized spacial score (nSPS) is 29.8. The Bertz CT molecular complexity index is 567. The summed E-state index contributed by atoms with van der Waals surface area (Å²) >= 11 is 0. The SMILES string of the molecule is CCCCCCCC1CCC(CCc2ccc(C3CCC(C)(CC)CC3)cc2)CC1. The molecule has 2 aliphatic carbocycles. The Balaban J connectivity index is 1.32. The van der Waals surface area contributed by atoms with Gasteiger partial charge in [0, 0.05) is 0 Å². The van der Waals surface area contributed by atoms with E-state index < -0.39 is 0 Å².